The lowest BCUT2D eigenvalue weighted by molar-refractivity contribution is 0.340. The summed E-state index contributed by atoms with van der Waals surface area (Å²) in [6, 6.07) is 10.6. The Morgan fingerprint density at radius 3 is 2.60 bits per heavy atom. The van der Waals surface area contributed by atoms with Gasteiger partial charge in [-0.15, -0.1) is 0 Å². The van der Waals surface area contributed by atoms with E-state index in [9.17, 15) is 4.79 Å². The molecule has 0 radical (unpaired) electrons. The fourth-order valence-electron chi connectivity index (χ4n) is 1.78. The van der Waals surface area contributed by atoms with E-state index in [1.807, 2.05) is 38.1 Å². The van der Waals surface area contributed by atoms with Gasteiger partial charge in [-0.1, -0.05) is 0 Å². The summed E-state index contributed by atoms with van der Waals surface area (Å²) in [5.41, 5.74) is 7.21. The molecule has 0 atom stereocenters. The maximum atomic E-state index is 11.8. The molecule has 5 nitrogen and oxygen atoms in total. The third-order valence-electron chi connectivity index (χ3n) is 2.69. The van der Waals surface area contributed by atoms with Crippen LogP contribution in [0.4, 0.5) is 5.82 Å². The number of hydrogen-bond donors (Lipinski definition) is 1. The van der Waals surface area contributed by atoms with Gasteiger partial charge >= 0.3 is 0 Å². The number of hydrogen-bond acceptors (Lipinski definition) is 4. The second kappa shape index (κ2) is 6.06. The van der Waals surface area contributed by atoms with E-state index >= 15 is 0 Å². The van der Waals surface area contributed by atoms with Gasteiger partial charge in [0, 0.05) is 6.07 Å². The largest absolute Gasteiger partial charge is 0.494 e. The summed E-state index contributed by atoms with van der Waals surface area (Å²) in [6.07, 6.45) is 1.59. The molecule has 2 aromatic rings. The number of nitrogen functional groups attached to an aromatic ring is 1. The number of ether oxygens (including phenoxy) is 1. The smallest absolute Gasteiger partial charge is 0.273 e. The average molecular weight is 271 g/mol. The first-order chi connectivity index (χ1) is 9.60. The molecule has 1 aromatic carbocycles. The van der Waals surface area contributed by atoms with E-state index in [4.69, 9.17) is 10.5 Å². The number of anilines is 1. The van der Waals surface area contributed by atoms with E-state index in [0.717, 1.165) is 16.9 Å². The lowest BCUT2D eigenvalue weighted by atomic mass is 10.2. The van der Waals surface area contributed by atoms with Crippen molar-refractivity contribution in [3.63, 3.8) is 0 Å². The van der Waals surface area contributed by atoms with Crippen LogP contribution in [0.25, 0.3) is 0 Å². The SMILES string of the molecule is CCOc1ccc(/C=N\n2c(N)cc(C)cc2=O)cc1. The van der Waals surface area contributed by atoms with Gasteiger partial charge in [-0.05, 0) is 55.3 Å². The topological polar surface area (TPSA) is 69.6 Å². The second-order valence-electron chi connectivity index (χ2n) is 4.35. The highest BCUT2D eigenvalue weighted by Crippen LogP contribution is 2.11. The zero-order chi connectivity index (χ0) is 14.5. The molecule has 2 N–H and O–H groups in total. The molecule has 104 valence electrons. The van der Waals surface area contributed by atoms with Gasteiger partial charge in [-0.3, -0.25) is 4.79 Å². The first kappa shape index (κ1) is 13.9. The Morgan fingerprint density at radius 2 is 2.00 bits per heavy atom. The molecule has 0 fully saturated rings. The van der Waals surface area contributed by atoms with Crippen LogP contribution < -0.4 is 16.0 Å². The Balaban J connectivity index is 2.23. The van der Waals surface area contributed by atoms with E-state index in [1.165, 1.54) is 10.7 Å². The molecule has 1 aromatic heterocycles. The van der Waals surface area contributed by atoms with Crippen LogP contribution in [-0.4, -0.2) is 17.5 Å². The molecule has 0 bridgehead atoms. The number of aromatic nitrogens is 1. The van der Waals surface area contributed by atoms with E-state index in [1.54, 1.807) is 12.3 Å². The normalized spacial score (nSPS) is 10.9. The van der Waals surface area contributed by atoms with Gasteiger partial charge in [-0.2, -0.15) is 9.78 Å². The van der Waals surface area contributed by atoms with Crippen molar-refractivity contribution >= 4 is 12.0 Å². The standard InChI is InChI=1S/C15H17N3O2/c1-3-20-13-6-4-12(5-7-13)10-17-18-14(16)8-11(2)9-15(18)19/h4-10H,3,16H2,1-2H3/b17-10-. The molecule has 20 heavy (non-hydrogen) atoms. The molecule has 5 heteroatoms. The summed E-state index contributed by atoms with van der Waals surface area (Å²) in [6.45, 7) is 4.38. The number of nitrogens with two attached hydrogens (primary N) is 1. The first-order valence-electron chi connectivity index (χ1n) is 6.36. The van der Waals surface area contributed by atoms with Crippen molar-refractivity contribution in [1.82, 2.24) is 4.68 Å². The van der Waals surface area contributed by atoms with E-state index in [2.05, 4.69) is 5.10 Å². The van der Waals surface area contributed by atoms with Crippen LogP contribution in [-0.2, 0) is 0 Å². The molecule has 0 saturated carbocycles. The molecular weight excluding hydrogens is 254 g/mol. The number of benzene rings is 1. The molecule has 0 saturated heterocycles. The van der Waals surface area contributed by atoms with Crippen molar-refractivity contribution in [2.24, 2.45) is 5.10 Å². The first-order valence-corrected chi connectivity index (χ1v) is 6.36. The molecule has 0 aliphatic heterocycles. The quantitative estimate of drug-likeness (QED) is 0.865. The predicted molar refractivity (Wildman–Crippen MR) is 80.5 cm³/mol. The minimum atomic E-state index is -0.246. The molecule has 0 amide bonds. The fraction of sp³-hybridized carbons (Fsp3) is 0.200. The highest BCUT2D eigenvalue weighted by atomic mass is 16.5. The van der Waals surface area contributed by atoms with Gasteiger partial charge < -0.3 is 10.5 Å². The van der Waals surface area contributed by atoms with Gasteiger partial charge in [0.2, 0.25) is 0 Å². The summed E-state index contributed by atoms with van der Waals surface area (Å²) in [5, 5.41) is 4.11. The number of aryl methyl sites for hydroxylation is 1. The summed E-state index contributed by atoms with van der Waals surface area (Å²) >= 11 is 0. The van der Waals surface area contributed by atoms with Gasteiger partial charge in [0.1, 0.15) is 11.6 Å². The Labute approximate surface area is 117 Å². The highest BCUT2D eigenvalue weighted by Gasteiger charge is 2.00. The lowest BCUT2D eigenvalue weighted by Gasteiger charge is -2.04. The van der Waals surface area contributed by atoms with Crippen LogP contribution in [0.5, 0.6) is 5.75 Å². The van der Waals surface area contributed by atoms with Crippen LogP contribution in [0.2, 0.25) is 0 Å². The fourth-order valence-corrected chi connectivity index (χ4v) is 1.78. The Kier molecular flexibility index (Phi) is 4.20. The minimum absolute atomic E-state index is 0.246. The summed E-state index contributed by atoms with van der Waals surface area (Å²) in [4.78, 5) is 11.8. The second-order valence-corrected chi connectivity index (χ2v) is 4.35. The maximum Gasteiger partial charge on any atom is 0.273 e. The molecule has 0 aliphatic rings. The average Bonchev–Trinajstić information content (AvgIpc) is 2.39. The van der Waals surface area contributed by atoms with Crippen molar-refractivity contribution < 1.29 is 4.74 Å². The third-order valence-corrected chi connectivity index (χ3v) is 2.69. The van der Waals surface area contributed by atoms with Crippen molar-refractivity contribution in [1.29, 1.82) is 0 Å². The number of nitrogens with zero attached hydrogens (tertiary/aromatic N) is 2. The van der Waals surface area contributed by atoms with Crippen molar-refractivity contribution in [2.75, 3.05) is 12.3 Å². The molecule has 1 heterocycles. The van der Waals surface area contributed by atoms with Crippen LogP contribution in [0.15, 0.2) is 46.3 Å². The monoisotopic (exact) mass is 271 g/mol. The van der Waals surface area contributed by atoms with Gasteiger partial charge in [0.05, 0.1) is 12.8 Å². The predicted octanol–water partition coefficient (Wildman–Crippen LogP) is 2.02. The molecular formula is C15H17N3O2. The van der Waals surface area contributed by atoms with E-state index in [0.29, 0.717) is 12.4 Å². The van der Waals surface area contributed by atoms with Gasteiger partial charge in [0.15, 0.2) is 0 Å². The van der Waals surface area contributed by atoms with Crippen LogP contribution in [0.1, 0.15) is 18.1 Å². The van der Waals surface area contributed by atoms with Crippen LogP contribution in [0, 0.1) is 6.92 Å². The highest BCUT2D eigenvalue weighted by molar-refractivity contribution is 5.79. The Hall–Kier alpha value is -2.56. The summed E-state index contributed by atoms with van der Waals surface area (Å²) in [7, 11) is 0. The van der Waals surface area contributed by atoms with Gasteiger partial charge in [-0.25, -0.2) is 0 Å². The van der Waals surface area contributed by atoms with Crippen molar-refractivity contribution in [2.45, 2.75) is 13.8 Å². The van der Waals surface area contributed by atoms with Crippen molar-refractivity contribution in [3.8, 4) is 5.75 Å². The summed E-state index contributed by atoms with van der Waals surface area (Å²) < 4.78 is 6.53. The Morgan fingerprint density at radius 1 is 1.30 bits per heavy atom. The lowest BCUT2D eigenvalue weighted by Crippen LogP contribution is -2.19. The van der Waals surface area contributed by atoms with Crippen LogP contribution >= 0.6 is 0 Å². The van der Waals surface area contributed by atoms with Gasteiger partial charge in [0.25, 0.3) is 5.56 Å². The molecule has 0 spiro atoms. The van der Waals surface area contributed by atoms with E-state index in [-0.39, 0.29) is 5.56 Å². The maximum absolute atomic E-state index is 11.8. The zero-order valence-corrected chi connectivity index (χ0v) is 11.5. The van der Waals surface area contributed by atoms with Crippen LogP contribution in [0.3, 0.4) is 0 Å². The summed E-state index contributed by atoms with van der Waals surface area (Å²) in [5.74, 6) is 1.12. The number of pyridine rings is 1. The third kappa shape index (κ3) is 3.26. The van der Waals surface area contributed by atoms with Crippen molar-refractivity contribution in [3.05, 3.63) is 57.9 Å². The zero-order valence-electron chi connectivity index (χ0n) is 11.5. The molecule has 0 aliphatic carbocycles. The molecule has 2 rings (SSSR count). The molecule has 0 unspecified atom stereocenters. The Bertz CT molecular complexity index is 673. The number of rotatable bonds is 4. The van der Waals surface area contributed by atoms with E-state index < -0.39 is 0 Å². The minimum Gasteiger partial charge on any atom is -0.494 e.